The van der Waals surface area contributed by atoms with Crippen LogP contribution in [0.5, 0.6) is 5.88 Å². The van der Waals surface area contributed by atoms with Crippen LogP contribution in [0.4, 0.5) is 52.6 Å². The number of aromatic nitrogens is 3. The molecule has 2 aromatic heterocycles. The van der Waals surface area contributed by atoms with E-state index in [1.165, 1.54) is 0 Å². The average Bonchev–Trinajstić information content (AvgIpc) is 2.95. The number of nitrogens with zero attached hydrogens (tertiary/aromatic N) is 4. The van der Waals surface area contributed by atoms with E-state index in [4.69, 9.17) is 10.5 Å². The molecule has 2 aliphatic heterocycles. The lowest BCUT2D eigenvalue weighted by Crippen LogP contribution is -2.69. The molecule has 3 aromatic rings. The highest BCUT2D eigenvalue weighted by Gasteiger charge is 2.61. The van der Waals surface area contributed by atoms with E-state index in [0.29, 0.717) is 25.6 Å². The van der Waals surface area contributed by atoms with E-state index in [-0.39, 0.29) is 23.6 Å². The number of benzene rings is 1. The Morgan fingerprint density at radius 1 is 1.02 bits per heavy atom. The monoisotopic (exact) mass is 637 g/mol. The van der Waals surface area contributed by atoms with Crippen LogP contribution in [-0.2, 0) is 6.18 Å². The summed E-state index contributed by atoms with van der Waals surface area (Å²) < 4.78 is 119. The van der Waals surface area contributed by atoms with Gasteiger partial charge in [0, 0.05) is 18.7 Å². The summed E-state index contributed by atoms with van der Waals surface area (Å²) in [6.45, 7) is 5.65. The number of anilines is 3. The van der Waals surface area contributed by atoms with Gasteiger partial charge in [-0.1, -0.05) is 13.8 Å². The van der Waals surface area contributed by atoms with Crippen molar-refractivity contribution in [1.29, 1.82) is 0 Å². The van der Waals surface area contributed by atoms with Crippen LogP contribution >= 0.6 is 0 Å². The molecular formula is C27H31F8N7O2. The van der Waals surface area contributed by atoms with Crippen molar-refractivity contribution in [2.45, 2.75) is 58.2 Å². The van der Waals surface area contributed by atoms with Crippen LogP contribution in [0.15, 0.2) is 6.07 Å². The molecule has 242 valence electrons. The van der Waals surface area contributed by atoms with Crippen LogP contribution in [0.3, 0.4) is 0 Å². The predicted octanol–water partition coefficient (Wildman–Crippen LogP) is 5.19. The number of pyridine rings is 1. The van der Waals surface area contributed by atoms with E-state index in [1.54, 1.807) is 6.92 Å². The zero-order valence-electron chi connectivity index (χ0n) is 24.1. The average molecular weight is 638 g/mol. The van der Waals surface area contributed by atoms with Crippen LogP contribution in [0.1, 0.15) is 38.3 Å². The molecule has 5 N–H and O–H groups in total. The number of nitrogen functional groups attached to an aromatic ring is 1. The standard InChI is InChI=1S/C25H25F8N7O2.C2H6/c1-10-3-4-35-5-6-36-20-14-19(38-22(39-20)40-8-23(41,9-40)25(31,32)33)17(27)18(37-21(14)42-10)12-7-13(34)16(26)11(2)15(12)24(28,29)30;1-2/h7,10,35,41H,3-6,8-9,34H2,1-2H3,(H,36,38,39);1-2H3. The first-order valence-electron chi connectivity index (χ1n) is 13.7. The van der Waals surface area contributed by atoms with Crippen LogP contribution in [-0.4, -0.2) is 70.7 Å². The molecule has 1 saturated heterocycles. The molecule has 0 bridgehead atoms. The minimum Gasteiger partial charge on any atom is -0.474 e. The van der Waals surface area contributed by atoms with E-state index in [2.05, 4.69) is 25.6 Å². The lowest BCUT2D eigenvalue weighted by atomic mass is 9.94. The second-order valence-corrected chi connectivity index (χ2v) is 10.3. The second kappa shape index (κ2) is 12.0. The zero-order chi connectivity index (χ0) is 32.8. The first kappa shape index (κ1) is 33.2. The quantitative estimate of drug-likeness (QED) is 0.222. The van der Waals surface area contributed by atoms with Gasteiger partial charge in [0.05, 0.1) is 30.4 Å². The molecular weight excluding hydrogens is 606 g/mol. The predicted molar refractivity (Wildman–Crippen MR) is 147 cm³/mol. The molecule has 1 unspecified atom stereocenters. The van der Waals surface area contributed by atoms with E-state index < -0.39 is 88.3 Å². The lowest BCUT2D eigenvalue weighted by Gasteiger charge is -2.46. The minimum atomic E-state index is -5.15. The maximum absolute atomic E-state index is 16.3. The molecule has 2 aliphatic rings. The van der Waals surface area contributed by atoms with Gasteiger partial charge in [0.15, 0.2) is 11.4 Å². The van der Waals surface area contributed by atoms with Crippen molar-refractivity contribution in [3.05, 3.63) is 28.8 Å². The van der Waals surface area contributed by atoms with Crippen LogP contribution in [0.25, 0.3) is 22.2 Å². The van der Waals surface area contributed by atoms with E-state index in [1.807, 2.05) is 13.8 Å². The van der Waals surface area contributed by atoms with Crippen LogP contribution in [0.2, 0.25) is 0 Å². The summed E-state index contributed by atoms with van der Waals surface area (Å²) in [6, 6.07) is 0.605. The number of hydrogen-bond donors (Lipinski definition) is 4. The first-order chi connectivity index (χ1) is 20.5. The smallest absolute Gasteiger partial charge is 0.420 e. The fraction of sp³-hybridized carbons (Fsp3) is 0.519. The van der Waals surface area contributed by atoms with Crippen molar-refractivity contribution in [3.8, 4) is 17.1 Å². The molecule has 0 radical (unpaired) electrons. The molecule has 0 saturated carbocycles. The zero-order valence-corrected chi connectivity index (χ0v) is 24.1. The highest BCUT2D eigenvalue weighted by molar-refractivity contribution is 5.97. The number of aliphatic hydroxyl groups is 1. The van der Waals surface area contributed by atoms with Crippen molar-refractivity contribution in [2.24, 2.45) is 0 Å². The van der Waals surface area contributed by atoms with E-state index >= 15 is 4.39 Å². The number of ether oxygens (including phenoxy) is 1. The summed E-state index contributed by atoms with van der Waals surface area (Å²) in [5.41, 5.74) is -2.94. The highest BCUT2D eigenvalue weighted by atomic mass is 19.4. The molecule has 4 heterocycles. The number of β-amino-alcohol motifs (C(OH)–C–C–N with tert-alkyl or cyclic N) is 1. The van der Waals surface area contributed by atoms with Crippen LogP contribution in [0, 0.1) is 18.6 Å². The molecule has 1 aromatic carbocycles. The third-order valence-electron chi connectivity index (χ3n) is 7.16. The fourth-order valence-electron chi connectivity index (χ4n) is 4.89. The first-order valence-corrected chi connectivity index (χ1v) is 13.7. The Hall–Kier alpha value is -3.73. The summed E-state index contributed by atoms with van der Waals surface area (Å²) in [6.07, 6.45) is -10.3. The maximum Gasteiger partial charge on any atom is 0.420 e. The summed E-state index contributed by atoms with van der Waals surface area (Å²) in [5.74, 6) is -3.62. The topological polar surface area (TPSA) is 121 Å². The van der Waals surface area contributed by atoms with Crippen molar-refractivity contribution in [1.82, 2.24) is 20.3 Å². The Kier molecular flexibility index (Phi) is 9.04. The summed E-state index contributed by atoms with van der Waals surface area (Å²) >= 11 is 0. The van der Waals surface area contributed by atoms with Crippen molar-refractivity contribution >= 4 is 28.4 Å². The van der Waals surface area contributed by atoms with E-state index in [9.17, 15) is 35.8 Å². The normalized spacial score (nSPS) is 18.8. The number of nitrogens with two attached hydrogens (primary N) is 1. The number of hydrogen-bond acceptors (Lipinski definition) is 9. The fourth-order valence-corrected chi connectivity index (χ4v) is 4.89. The lowest BCUT2D eigenvalue weighted by molar-refractivity contribution is -0.267. The van der Waals surface area contributed by atoms with Gasteiger partial charge in [0.25, 0.3) is 0 Å². The van der Waals surface area contributed by atoms with Gasteiger partial charge in [0.1, 0.15) is 28.2 Å². The molecule has 9 nitrogen and oxygen atoms in total. The van der Waals surface area contributed by atoms with Gasteiger partial charge in [-0.2, -0.15) is 31.3 Å². The minimum absolute atomic E-state index is 0.104. The van der Waals surface area contributed by atoms with Gasteiger partial charge < -0.3 is 31.1 Å². The third kappa shape index (κ3) is 5.98. The molecule has 5 rings (SSSR count). The Morgan fingerprint density at radius 2 is 1.68 bits per heavy atom. The van der Waals surface area contributed by atoms with Crippen molar-refractivity contribution in [2.75, 3.05) is 48.7 Å². The molecule has 17 heteroatoms. The van der Waals surface area contributed by atoms with Gasteiger partial charge in [-0.25, -0.2) is 18.7 Å². The van der Waals surface area contributed by atoms with Crippen molar-refractivity contribution in [3.63, 3.8) is 0 Å². The number of rotatable bonds is 2. The van der Waals surface area contributed by atoms with Gasteiger partial charge in [-0.15, -0.1) is 0 Å². The Balaban J connectivity index is 0.00000216. The maximum atomic E-state index is 16.3. The van der Waals surface area contributed by atoms with E-state index in [0.717, 1.165) is 11.8 Å². The summed E-state index contributed by atoms with van der Waals surface area (Å²) in [7, 11) is 0. The third-order valence-corrected chi connectivity index (χ3v) is 7.16. The Bertz CT molecular complexity index is 1540. The van der Waals surface area contributed by atoms with Gasteiger partial charge in [0.2, 0.25) is 11.8 Å². The SMILES string of the molecule is CC.Cc1c(F)c(N)cc(-c2nc3c4c(nc(N5CC(O)(C(F)(F)F)C5)nc4c2F)NCCNCCC(C)O3)c1C(F)(F)F. The molecule has 1 atom stereocenters. The molecule has 0 aliphatic carbocycles. The number of alkyl halides is 6. The Morgan fingerprint density at radius 3 is 2.30 bits per heavy atom. The highest BCUT2D eigenvalue weighted by Crippen LogP contribution is 2.45. The number of nitrogens with one attached hydrogen (secondary N) is 2. The Labute approximate surface area is 246 Å². The van der Waals surface area contributed by atoms with Gasteiger partial charge in [-0.05, 0) is 38.4 Å². The molecule has 44 heavy (non-hydrogen) atoms. The molecule has 1 fully saturated rings. The van der Waals surface area contributed by atoms with Crippen molar-refractivity contribution < 1.29 is 45.0 Å². The largest absolute Gasteiger partial charge is 0.474 e. The number of halogens is 8. The molecule has 0 spiro atoms. The van der Waals surface area contributed by atoms with Gasteiger partial charge in [-0.3, -0.25) is 0 Å². The molecule has 0 amide bonds. The second-order valence-electron chi connectivity index (χ2n) is 10.3. The van der Waals surface area contributed by atoms with Crippen LogP contribution < -0.4 is 26.0 Å². The summed E-state index contributed by atoms with van der Waals surface area (Å²) in [4.78, 5) is 13.3. The van der Waals surface area contributed by atoms with Gasteiger partial charge >= 0.3 is 12.4 Å². The summed E-state index contributed by atoms with van der Waals surface area (Å²) in [5, 5.41) is 15.8.